The zero-order chi connectivity index (χ0) is 16.6. The number of benzene rings is 1. The van der Waals surface area contributed by atoms with E-state index < -0.39 is 0 Å². The zero-order valence-corrected chi connectivity index (χ0v) is 14.9. The molecule has 0 amide bonds. The van der Waals surface area contributed by atoms with Crippen LogP contribution in [0.2, 0.25) is 0 Å². The Morgan fingerprint density at radius 2 is 1.79 bits per heavy atom. The van der Waals surface area contributed by atoms with Crippen LogP contribution in [0.15, 0.2) is 42.7 Å². The second kappa shape index (κ2) is 9.00. The Kier molecular flexibility index (Phi) is 6.44. The zero-order valence-electron chi connectivity index (χ0n) is 14.9. The largest absolute Gasteiger partial charge is 0.334 e. The maximum absolute atomic E-state index is 4.52. The fourth-order valence-electron chi connectivity index (χ4n) is 3.54. The fraction of sp³-hybridized carbons (Fsp3) is 0.550. The van der Waals surface area contributed by atoms with Gasteiger partial charge in [0.1, 0.15) is 5.82 Å². The van der Waals surface area contributed by atoms with Gasteiger partial charge in [0.2, 0.25) is 0 Å². The molecule has 2 aromatic rings. The first-order valence-electron chi connectivity index (χ1n) is 9.34. The van der Waals surface area contributed by atoms with Crippen molar-refractivity contribution in [3.05, 3.63) is 54.1 Å². The monoisotopic (exact) mass is 326 g/mol. The summed E-state index contributed by atoms with van der Waals surface area (Å²) in [6.07, 6.45) is 7.72. The van der Waals surface area contributed by atoms with E-state index in [1.165, 1.54) is 56.8 Å². The molecule has 130 valence electrons. The minimum Gasteiger partial charge on any atom is -0.334 e. The average molecular weight is 326 g/mol. The molecule has 2 heterocycles. The standard InChI is InChI=1S/C20H30N4/c1-2-24-15-11-21-20(24)18-23-14-7-13-22(16-17-23)12-6-10-19-8-4-3-5-9-19/h3-5,8-9,11,15H,2,6-7,10,12-14,16-18H2,1H3. The van der Waals surface area contributed by atoms with Crippen molar-refractivity contribution in [2.24, 2.45) is 0 Å². The van der Waals surface area contributed by atoms with E-state index in [4.69, 9.17) is 0 Å². The van der Waals surface area contributed by atoms with E-state index in [2.05, 4.69) is 62.8 Å². The number of imidazole rings is 1. The summed E-state index contributed by atoms with van der Waals surface area (Å²) in [6.45, 7) is 10.1. The molecule has 0 bridgehead atoms. The Labute approximate surface area is 146 Å². The van der Waals surface area contributed by atoms with Crippen LogP contribution in [0.5, 0.6) is 0 Å². The van der Waals surface area contributed by atoms with Gasteiger partial charge < -0.3 is 9.47 Å². The second-order valence-electron chi connectivity index (χ2n) is 6.69. The minimum absolute atomic E-state index is 0.985. The molecule has 24 heavy (non-hydrogen) atoms. The Balaban J connectivity index is 1.41. The highest BCUT2D eigenvalue weighted by Crippen LogP contribution is 2.10. The molecule has 4 nitrogen and oxygen atoms in total. The van der Waals surface area contributed by atoms with E-state index >= 15 is 0 Å². The summed E-state index contributed by atoms with van der Waals surface area (Å²) in [5, 5.41) is 0. The third kappa shape index (κ3) is 4.92. The first kappa shape index (κ1) is 17.2. The molecule has 1 aliphatic rings. The normalized spacial score (nSPS) is 17.0. The number of nitrogens with zero attached hydrogens (tertiary/aromatic N) is 4. The van der Waals surface area contributed by atoms with Gasteiger partial charge in [-0.15, -0.1) is 0 Å². The highest BCUT2D eigenvalue weighted by Gasteiger charge is 2.16. The maximum Gasteiger partial charge on any atom is 0.122 e. The van der Waals surface area contributed by atoms with E-state index in [1.807, 2.05) is 6.20 Å². The van der Waals surface area contributed by atoms with E-state index in [1.54, 1.807) is 0 Å². The molecular weight excluding hydrogens is 296 g/mol. The van der Waals surface area contributed by atoms with Gasteiger partial charge in [-0.3, -0.25) is 4.90 Å². The van der Waals surface area contributed by atoms with Crippen molar-refractivity contribution in [3.63, 3.8) is 0 Å². The van der Waals surface area contributed by atoms with E-state index in [0.29, 0.717) is 0 Å². The molecule has 1 fully saturated rings. The minimum atomic E-state index is 0.985. The van der Waals surface area contributed by atoms with Crippen LogP contribution >= 0.6 is 0 Å². The lowest BCUT2D eigenvalue weighted by molar-refractivity contribution is 0.244. The Morgan fingerprint density at radius 3 is 2.62 bits per heavy atom. The highest BCUT2D eigenvalue weighted by molar-refractivity contribution is 5.14. The Bertz CT molecular complexity index is 593. The molecule has 0 saturated carbocycles. The van der Waals surface area contributed by atoms with Crippen LogP contribution in [0.1, 0.15) is 31.2 Å². The van der Waals surface area contributed by atoms with E-state index in [-0.39, 0.29) is 0 Å². The van der Waals surface area contributed by atoms with Crippen LogP contribution in [-0.4, -0.2) is 52.1 Å². The topological polar surface area (TPSA) is 24.3 Å². The quantitative estimate of drug-likeness (QED) is 0.781. The molecule has 1 aromatic heterocycles. The third-order valence-corrected chi connectivity index (χ3v) is 4.97. The summed E-state index contributed by atoms with van der Waals surface area (Å²) >= 11 is 0. The van der Waals surface area contributed by atoms with Gasteiger partial charge >= 0.3 is 0 Å². The molecule has 0 spiro atoms. The predicted molar refractivity (Wildman–Crippen MR) is 99.0 cm³/mol. The summed E-state index contributed by atoms with van der Waals surface area (Å²) in [4.78, 5) is 9.72. The summed E-state index contributed by atoms with van der Waals surface area (Å²) in [7, 11) is 0. The van der Waals surface area contributed by atoms with Gasteiger partial charge in [-0.05, 0) is 51.4 Å². The summed E-state index contributed by atoms with van der Waals surface area (Å²) < 4.78 is 2.25. The SMILES string of the molecule is CCn1ccnc1CN1CCCN(CCCc2ccccc2)CC1. The van der Waals surface area contributed by atoms with E-state index in [0.717, 1.165) is 19.6 Å². The summed E-state index contributed by atoms with van der Waals surface area (Å²) in [6, 6.07) is 10.8. The highest BCUT2D eigenvalue weighted by atomic mass is 15.2. The number of hydrogen-bond acceptors (Lipinski definition) is 3. The molecule has 3 rings (SSSR count). The lowest BCUT2D eigenvalue weighted by Gasteiger charge is -2.21. The van der Waals surface area contributed by atoms with Gasteiger partial charge in [-0.2, -0.15) is 0 Å². The van der Waals surface area contributed by atoms with Crippen LogP contribution in [0, 0.1) is 0 Å². The van der Waals surface area contributed by atoms with Crippen LogP contribution in [-0.2, 0) is 19.5 Å². The van der Waals surface area contributed by atoms with Crippen LogP contribution < -0.4 is 0 Å². The molecular formula is C20H30N4. The molecule has 0 N–H and O–H groups in total. The Morgan fingerprint density at radius 1 is 1.00 bits per heavy atom. The van der Waals surface area contributed by atoms with Crippen molar-refractivity contribution in [2.75, 3.05) is 32.7 Å². The van der Waals surface area contributed by atoms with Crippen molar-refractivity contribution in [2.45, 2.75) is 39.3 Å². The molecule has 0 atom stereocenters. The number of rotatable bonds is 7. The van der Waals surface area contributed by atoms with Crippen molar-refractivity contribution < 1.29 is 0 Å². The van der Waals surface area contributed by atoms with Crippen LogP contribution in [0.3, 0.4) is 0 Å². The molecule has 1 aliphatic heterocycles. The van der Waals surface area contributed by atoms with Gasteiger partial charge in [-0.1, -0.05) is 30.3 Å². The number of aromatic nitrogens is 2. The first-order chi connectivity index (χ1) is 11.8. The number of hydrogen-bond donors (Lipinski definition) is 0. The van der Waals surface area contributed by atoms with Gasteiger partial charge in [0.15, 0.2) is 0 Å². The molecule has 0 radical (unpaired) electrons. The molecule has 4 heteroatoms. The second-order valence-corrected chi connectivity index (χ2v) is 6.69. The lowest BCUT2D eigenvalue weighted by Crippen LogP contribution is -2.32. The Hall–Kier alpha value is -1.65. The van der Waals surface area contributed by atoms with Crippen LogP contribution in [0.25, 0.3) is 0 Å². The van der Waals surface area contributed by atoms with Crippen molar-refractivity contribution in [1.29, 1.82) is 0 Å². The first-order valence-corrected chi connectivity index (χ1v) is 9.34. The summed E-state index contributed by atoms with van der Waals surface area (Å²) in [5.74, 6) is 1.20. The molecule has 0 unspecified atom stereocenters. The van der Waals surface area contributed by atoms with Crippen molar-refractivity contribution in [1.82, 2.24) is 19.4 Å². The smallest absolute Gasteiger partial charge is 0.122 e. The van der Waals surface area contributed by atoms with Crippen LogP contribution in [0.4, 0.5) is 0 Å². The van der Waals surface area contributed by atoms with Crippen molar-refractivity contribution >= 4 is 0 Å². The van der Waals surface area contributed by atoms with Gasteiger partial charge in [0, 0.05) is 32.0 Å². The van der Waals surface area contributed by atoms with Crippen molar-refractivity contribution in [3.8, 4) is 0 Å². The van der Waals surface area contributed by atoms with Gasteiger partial charge in [-0.25, -0.2) is 4.98 Å². The van der Waals surface area contributed by atoms with E-state index in [9.17, 15) is 0 Å². The van der Waals surface area contributed by atoms with Gasteiger partial charge in [0.05, 0.1) is 6.54 Å². The number of aryl methyl sites for hydroxylation is 2. The molecule has 0 aliphatic carbocycles. The molecule has 1 saturated heterocycles. The summed E-state index contributed by atoms with van der Waals surface area (Å²) in [5.41, 5.74) is 1.46. The average Bonchev–Trinajstić information content (AvgIpc) is 2.95. The lowest BCUT2D eigenvalue weighted by atomic mass is 10.1. The van der Waals surface area contributed by atoms with Gasteiger partial charge in [0.25, 0.3) is 0 Å². The third-order valence-electron chi connectivity index (χ3n) is 4.97. The molecule has 1 aromatic carbocycles. The maximum atomic E-state index is 4.52. The predicted octanol–water partition coefficient (Wildman–Crippen LogP) is 3.04. The fourth-order valence-corrected chi connectivity index (χ4v) is 3.54.